The predicted octanol–water partition coefficient (Wildman–Crippen LogP) is -2.53. The van der Waals surface area contributed by atoms with E-state index in [-0.39, 0.29) is 0 Å². The Morgan fingerprint density at radius 1 is 1.16 bits per heavy atom. The molecule has 0 saturated carbocycles. The molecule has 0 bridgehead atoms. The highest BCUT2D eigenvalue weighted by atomic mass is 31.3. The van der Waals surface area contributed by atoms with Crippen molar-refractivity contribution in [2.45, 2.75) is 24.2 Å². The Hall–Kier alpha value is -1.07. The lowest BCUT2D eigenvalue weighted by atomic mass is 10.1. The quantitative estimate of drug-likeness (QED) is 0.132. The van der Waals surface area contributed by atoms with E-state index in [2.05, 4.69) is 13.1 Å². The van der Waals surface area contributed by atoms with E-state index in [1.54, 1.807) is 0 Å². The number of aliphatic hydroxyl groups is 2. The Morgan fingerprint density at radius 3 is 2.29 bits per heavy atom. The first kappa shape index (κ1) is 26.2. The number of H-pyrrole nitrogens is 1. The first-order valence-electron chi connectivity index (χ1n) is 7.70. The molecule has 1 saturated heterocycles. The minimum Gasteiger partial charge on any atom is -0.384 e. The zero-order chi connectivity index (χ0) is 23.8. The van der Waals surface area contributed by atoms with Gasteiger partial charge < -0.3 is 39.3 Å². The number of aromatic nitrogens is 2. The van der Waals surface area contributed by atoms with Crippen LogP contribution in [-0.2, 0) is 36.3 Å². The second-order valence-electron chi connectivity index (χ2n) is 5.83. The van der Waals surface area contributed by atoms with Crippen molar-refractivity contribution in [1.82, 2.24) is 9.55 Å². The monoisotopic (exact) mass is 514 g/mol. The summed E-state index contributed by atoms with van der Waals surface area (Å²) in [5.41, 5.74) is -1.86. The molecule has 18 nitrogen and oxygen atoms in total. The number of phosphoric ester groups is 1. The van der Waals surface area contributed by atoms with Crippen LogP contribution in [0.1, 0.15) is 6.23 Å². The number of phosphoric acid groups is 3. The number of ether oxygens (including phenoxy) is 2. The van der Waals surface area contributed by atoms with Crippen LogP contribution in [-0.4, -0.2) is 71.0 Å². The summed E-state index contributed by atoms with van der Waals surface area (Å²) < 4.78 is 55.7. The number of aromatic amines is 1. The van der Waals surface area contributed by atoms with Gasteiger partial charge in [0.15, 0.2) is 6.23 Å². The normalized spacial score (nSPS) is 30.6. The molecule has 2 rings (SSSR count). The zero-order valence-corrected chi connectivity index (χ0v) is 17.8. The summed E-state index contributed by atoms with van der Waals surface area (Å²) in [6.07, 6.45) is -4.67. The molecule has 7 N–H and O–H groups in total. The molecule has 1 aromatic heterocycles. The van der Waals surface area contributed by atoms with E-state index in [0.717, 1.165) is 19.4 Å². The van der Waals surface area contributed by atoms with Crippen LogP contribution in [0, 0.1) is 0 Å². The minimum absolute atomic E-state index is 0.624. The van der Waals surface area contributed by atoms with Gasteiger partial charge in [-0.15, -0.1) is 0 Å². The number of nitrogens with one attached hydrogen (secondary N) is 1. The number of nitrogens with zero attached hydrogens (tertiary/aromatic N) is 1. The number of aliphatic hydroxyl groups excluding tert-OH is 1. The van der Waals surface area contributed by atoms with Crippen molar-refractivity contribution in [2.24, 2.45) is 0 Å². The van der Waals surface area contributed by atoms with Crippen molar-refractivity contribution in [3.8, 4) is 0 Å². The fraction of sp³-hybridized carbons (Fsp3) is 0.600. The molecule has 178 valence electrons. The van der Waals surface area contributed by atoms with Crippen molar-refractivity contribution < 1.29 is 66.1 Å². The number of hydrogen-bond acceptors (Lipinski definition) is 12. The van der Waals surface area contributed by atoms with E-state index >= 15 is 0 Å². The van der Waals surface area contributed by atoms with Gasteiger partial charge in [-0.1, -0.05) is 0 Å². The fourth-order valence-corrected chi connectivity index (χ4v) is 5.48. The summed E-state index contributed by atoms with van der Waals surface area (Å²) in [6, 6.07) is 0.882. The SMILES string of the molecule is CO[C@@]1(O)[C@H](O)[C@@H](COP(=O)(O)OP(=O)(O)OP(=O)(O)O)O[C@H]1n1ccc(=O)[nH]c1=O. The van der Waals surface area contributed by atoms with E-state index in [4.69, 9.17) is 24.2 Å². The topological polar surface area (TPSA) is 274 Å². The van der Waals surface area contributed by atoms with Crippen molar-refractivity contribution in [3.63, 3.8) is 0 Å². The summed E-state index contributed by atoms with van der Waals surface area (Å²) in [5.74, 6) is -2.63. The van der Waals surface area contributed by atoms with Crippen LogP contribution in [0.3, 0.4) is 0 Å². The van der Waals surface area contributed by atoms with Gasteiger partial charge >= 0.3 is 29.2 Å². The standard InChI is InChI=1S/C10H17N2O16P3/c1-24-10(16)7(14)5(26-8(10)12-3-2-6(13)11-9(12)15)4-25-30(20,21)28-31(22,23)27-29(17,18)19/h2-3,5,7-8,14,16H,4H2,1H3,(H,20,21)(H,22,23)(H,11,13,15)(H2,17,18,19)/t5-,7-,8-,10+/m1/s1. The molecule has 21 heteroatoms. The van der Waals surface area contributed by atoms with E-state index < -0.39 is 65.5 Å². The van der Waals surface area contributed by atoms with Crippen LogP contribution in [0.15, 0.2) is 21.9 Å². The van der Waals surface area contributed by atoms with Gasteiger partial charge in [0.05, 0.1) is 6.61 Å². The highest BCUT2D eigenvalue weighted by molar-refractivity contribution is 7.66. The van der Waals surface area contributed by atoms with Crippen LogP contribution in [0.25, 0.3) is 0 Å². The molecule has 0 amide bonds. The third kappa shape index (κ3) is 6.47. The first-order chi connectivity index (χ1) is 14.0. The van der Waals surface area contributed by atoms with Gasteiger partial charge in [0.2, 0.25) is 5.79 Å². The lowest BCUT2D eigenvalue weighted by molar-refractivity contribution is -0.265. The molecule has 2 heterocycles. The van der Waals surface area contributed by atoms with E-state index in [9.17, 15) is 38.4 Å². The summed E-state index contributed by atoms with van der Waals surface area (Å²) >= 11 is 0. The number of rotatable bonds is 9. The fourth-order valence-electron chi connectivity index (χ4n) is 2.45. The molecule has 0 spiro atoms. The molecule has 1 fully saturated rings. The van der Waals surface area contributed by atoms with E-state index in [1.807, 2.05) is 4.98 Å². The molecule has 0 aromatic carbocycles. The largest absolute Gasteiger partial charge is 0.490 e. The molecule has 1 aromatic rings. The third-order valence-electron chi connectivity index (χ3n) is 3.68. The summed E-state index contributed by atoms with van der Waals surface area (Å²) in [4.78, 5) is 60.5. The Morgan fingerprint density at radius 2 is 1.77 bits per heavy atom. The van der Waals surface area contributed by atoms with Crippen LogP contribution >= 0.6 is 23.5 Å². The third-order valence-corrected chi connectivity index (χ3v) is 7.48. The molecule has 1 aliphatic heterocycles. The van der Waals surface area contributed by atoms with Crippen LogP contribution in [0.2, 0.25) is 0 Å². The van der Waals surface area contributed by atoms with Crippen molar-refractivity contribution in [3.05, 3.63) is 33.1 Å². The lowest BCUT2D eigenvalue weighted by Crippen LogP contribution is -2.50. The molecule has 31 heavy (non-hydrogen) atoms. The van der Waals surface area contributed by atoms with Crippen molar-refractivity contribution in [2.75, 3.05) is 13.7 Å². The Bertz CT molecular complexity index is 1060. The summed E-state index contributed by atoms with van der Waals surface area (Å²) in [7, 11) is -16.0. The van der Waals surface area contributed by atoms with Gasteiger partial charge in [0.1, 0.15) is 12.2 Å². The maximum absolute atomic E-state index is 11.9. The molecule has 1 aliphatic rings. The second-order valence-corrected chi connectivity index (χ2v) is 10.3. The maximum Gasteiger partial charge on any atom is 0.490 e. The van der Waals surface area contributed by atoms with Crippen molar-refractivity contribution in [1.29, 1.82) is 0 Å². The van der Waals surface area contributed by atoms with Gasteiger partial charge in [-0.2, -0.15) is 8.62 Å². The molecule has 6 atom stereocenters. The Kier molecular flexibility index (Phi) is 7.65. The van der Waals surface area contributed by atoms with Crippen LogP contribution in [0.4, 0.5) is 0 Å². The van der Waals surface area contributed by atoms with Gasteiger partial charge in [0, 0.05) is 19.4 Å². The molecule has 0 radical (unpaired) electrons. The smallest absolute Gasteiger partial charge is 0.384 e. The van der Waals surface area contributed by atoms with Crippen LogP contribution in [0.5, 0.6) is 0 Å². The maximum atomic E-state index is 11.9. The van der Waals surface area contributed by atoms with E-state index in [0.29, 0.717) is 4.57 Å². The Labute approximate surface area is 171 Å². The van der Waals surface area contributed by atoms with Crippen molar-refractivity contribution >= 4 is 23.5 Å². The average Bonchev–Trinajstić information content (AvgIpc) is 2.82. The molecule has 2 unspecified atom stereocenters. The highest BCUT2D eigenvalue weighted by Gasteiger charge is 2.58. The molecular weight excluding hydrogens is 497 g/mol. The average molecular weight is 514 g/mol. The molecular formula is C10H17N2O16P3. The molecule has 0 aliphatic carbocycles. The van der Waals surface area contributed by atoms with Gasteiger partial charge in [-0.3, -0.25) is 18.9 Å². The highest BCUT2D eigenvalue weighted by Crippen LogP contribution is 2.66. The summed E-state index contributed by atoms with van der Waals surface area (Å²) in [6.45, 7) is -1.13. The lowest BCUT2D eigenvalue weighted by Gasteiger charge is -2.29. The minimum atomic E-state index is -5.77. The first-order valence-corrected chi connectivity index (χ1v) is 12.2. The number of hydrogen-bond donors (Lipinski definition) is 7. The van der Waals surface area contributed by atoms with Gasteiger partial charge in [-0.05, 0) is 0 Å². The van der Waals surface area contributed by atoms with Crippen LogP contribution < -0.4 is 11.2 Å². The second kappa shape index (κ2) is 9.05. The zero-order valence-electron chi connectivity index (χ0n) is 15.1. The number of methoxy groups -OCH3 is 1. The van der Waals surface area contributed by atoms with Gasteiger partial charge in [0.25, 0.3) is 5.56 Å². The van der Waals surface area contributed by atoms with E-state index in [1.165, 1.54) is 0 Å². The summed E-state index contributed by atoms with van der Waals surface area (Å²) in [5, 5.41) is 20.8. The Balaban J connectivity index is 2.18. The predicted molar refractivity (Wildman–Crippen MR) is 93.0 cm³/mol. The van der Waals surface area contributed by atoms with Gasteiger partial charge in [-0.25, -0.2) is 18.5 Å².